The first-order valence-electron chi connectivity index (χ1n) is 9.26. The fourth-order valence-electron chi connectivity index (χ4n) is 1.95. The molecule has 0 aliphatic carbocycles. The van der Waals surface area contributed by atoms with Gasteiger partial charge < -0.3 is 0 Å². The normalized spacial score (nSPS) is 9.32. The van der Waals surface area contributed by atoms with E-state index >= 15 is 0 Å². The minimum Gasteiger partial charge on any atom is -0.207 e. The van der Waals surface area contributed by atoms with Crippen molar-refractivity contribution in [1.29, 1.82) is 5.26 Å². The largest absolute Gasteiger partial charge is 0.270 e. The molecule has 0 atom stereocenters. The summed E-state index contributed by atoms with van der Waals surface area (Å²) in [4.78, 5) is 0. The third-order valence-corrected chi connectivity index (χ3v) is 3.36. The van der Waals surface area contributed by atoms with Gasteiger partial charge in [0.1, 0.15) is 5.82 Å². The molecule has 0 bridgehead atoms. The molecule has 2 aromatic carbocycles. The topological polar surface area (TPSA) is 23.8 Å². The number of halogens is 3. The number of rotatable bonds is 2. The molecule has 0 aromatic heterocycles. The number of aryl methyl sites for hydroxylation is 2. The molecule has 0 unspecified atom stereocenters. The van der Waals surface area contributed by atoms with Gasteiger partial charge in [-0.05, 0) is 44.0 Å². The number of hydrogen-bond donors (Lipinski definition) is 0. The highest BCUT2D eigenvalue weighted by molar-refractivity contribution is 5.64. The maximum Gasteiger partial charge on any atom is 0.270 e. The number of nitriles is 1. The van der Waals surface area contributed by atoms with Gasteiger partial charge in [0.2, 0.25) is 0 Å². The third kappa shape index (κ3) is 12.0. The van der Waals surface area contributed by atoms with Gasteiger partial charge in [0.15, 0.2) is 0 Å². The van der Waals surface area contributed by atoms with Gasteiger partial charge in [-0.1, -0.05) is 68.8 Å². The lowest BCUT2D eigenvalue weighted by molar-refractivity contribution is 0.0174. The molecule has 2 aromatic rings. The van der Waals surface area contributed by atoms with E-state index in [9.17, 15) is 13.2 Å². The first-order valence-corrected chi connectivity index (χ1v) is 9.26. The standard InChI is InChI=1S/C10H11F.C9H10F2.C3H5N.C2H6/c1-7(2)10-5-4-9(11)6-8(10)3;1-7-3-5-8(6-4-7)9(2,10)11;1-2-3-4;1-2/h4-6H,1H2,2-3H3;3-6H,1-2H3;2H2,1H3;1-2H3. The lowest BCUT2D eigenvalue weighted by Gasteiger charge is -2.09. The van der Waals surface area contributed by atoms with E-state index in [0.29, 0.717) is 6.42 Å². The summed E-state index contributed by atoms with van der Waals surface area (Å²) in [7, 11) is 0. The Morgan fingerprint density at radius 1 is 1.07 bits per heavy atom. The summed E-state index contributed by atoms with van der Waals surface area (Å²) < 4.78 is 37.8. The highest BCUT2D eigenvalue weighted by atomic mass is 19.3. The van der Waals surface area contributed by atoms with Gasteiger partial charge in [-0.25, -0.2) is 13.2 Å². The fourth-order valence-corrected chi connectivity index (χ4v) is 1.95. The van der Waals surface area contributed by atoms with Gasteiger partial charge in [-0.3, -0.25) is 0 Å². The van der Waals surface area contributed by atoms with Crippen LogP contribution in [-0.4, -0.2) is 0 Å². The molecule has 2 rings (SSSR count). The van der Waals surface area contributed by atoms with Gasteiger partial charge in [-0.2, -0.15) is 5.26 Å². The third-order valence-electron chi connectivity index (χ3n) is 3.36. The molecule has 0 saturated carbocycles. The molecule has 0 heterocycles. The van der Waals surface area contributed by atoms with E-state index in [1.807, 2.05) is 47.6 Å². The number of hydrogen-bond acceptors (Lipinski definition) is 1. The number of benzene rings is 2. The smallest absolute Gasteiger partial charge is 0.207 e. The van der Waals surface area contributed by atoms with Crippen LogP contribution in [0.1, 0.15) is 63.3 Å². The summed E-state index contributed by atoms with van der Waals surface area (Å²) in [6, 6.07) is 12.9. The Balaban J connectivity index is 0. The Hall–Kier alpha value is -2.54. The lowest BCUT2D eigenvalue weighted by atomic mass is 10.0. The Morgan fingerprint density at radius 2 is 1.54 bits per heavy atom. The molecule has 154 valence electrons. The van der Waals surface area contributed by atoms with Crippen molar-refractivity contribution in [3.8, 4) is 6.07 Å². The second-order valence-corrected chi connectivity index (χ2v) is 6.01. The molecule has 28 heavy (non-hydrogen) atoms. The molecular formula is C24H32F3N. The molecule has 0 spiro atoms. The molecule has 4 heteroatoms. The van der Waals surface area contributed by atoms with Crippen LogP contribution in [0.3, 0.4) is 0 Å². The fraction of sp³-hybridized carbons (Fsp3) is 0.375. The van der Waals surface area contributed by atoms with Crippen LogP contribution in [0.2, 0.25) is 0 Å². The van der Waals surface area contributed by atoms with Gasteiger partial charge >= 0.3 is 0 Å². The van der Waals surface area contributed by atoms with E-state index in [1.165, 1.54) is 24.3 Å². The van der Waals surface area contributed by atoms with Crippen LogP contribution in [0.25, 0.3) is 5.57 Å². The zero-order valence-corrected chi connectivity index (χ0v) is 18.0. The maximum absolute atomic E-state index is 12.6. The van der Waals surface area contributed by atoms with Crippen LogP contribution in [0.4, 0.5) is 13.2 Å². The second-order valence-electron chi connectivity index (χ2n) is 6.01. The molecular weight excluding hydrogens is 359 g/mol. The van der Waals surface area contributed by atoms with Gasteiger partial charge in [0.25, 0.3) is 5.92 Å². The van der Waals surface area contributed by atoms with Gasteiger partial charge in [0, 0.05) is 18.9 Å². The molecule has 0 aliphatic heterocycles. The first-order chi connectivity index (χ1) is 13.0. The van der Waals surface area contributed by atoms with E-state index in [-0.39, 0.29) is 11.4 Å². The van der Waals surface area contributed by atoms with Crippen LogP contribution in [0, 0.1) is 31.0 Å². The average molecular weight is 392 g/mol. The number of alkyl halides is 2. The van der Waals surface area contributed by atoms with Crippen molar-refractivity contribution in [2.24, 2.45) is 0 Å². The van der Waals surface area contributed by atoms with Gasteiger partial charge in [-0.15, -0.1) is 0 Å². The Labute approximate surface area is 168 Å². The molecule has 0 fully saturated rings. The summed E-state index contributed by atoms with van der Waals surface area (Å²) in [5, 5.41) is 7.62. The van der Waals surface area contributed by atoms with Crippen LogP contribution in [0.5, 0.6) is 0 Å². The van der Waals surface area contributed by atoms with E-state index in [2.05, 4.69) is 6.58 Å². The minimum atomic E-state index is -2.71. The minimum absolute atomic E-state index is 0.0723. The number of allylic oxidation sites excluding steroid dienone is 1. The van der Waals surface area contributed by atoms with Crippen molar-refractivity contribution in [2.45, 2.75) is 60.8 Å². The zero-order chi connectivity index (χ0) is 22.3. The second kappa shape index (κ2) is 14.5. The number of nitrogens with zero attached hydrogens (tertiary/aromatic N) is 1. The van der Waals surface area contributed by atoms with Crippen LogP contribution < -0.4 is 0 Å². The van der Waals surface area contributed by atoms with E-state index in [1.54, 1.807) is 18.2 Å². The summed E-state index contributed by atoms with van der Waals surface area (Å²) in [6.07, 6.45) is 0.625. The van der Waals surface area contributed by atoms with Gasteiger partial charge in [0.05, 0.1) is 6.07 Å². The van der Waals surface area contributed by atoms with Crippen LogP contribution in [0.15, 0.2) is 49.0 Å². The summed E-state index contributed by atoms with van der Waals surface area (Å²) >= 11 is 0. The van der Waals surface area contributed by atoms with Crippen molar-refractivity contribution >= 4 is 5.57 Å². The molecule has 0 aliphatic rings. The maximum atomic E-state index is 12.6. The summed E-state index contributed by atoms with van der Waals surface area (Å²) in [6.45, 7) is 16.2. The molecule has 1 nitrogen and oxygen atoms in total. The first kappa shape index (κ1) is 27.7. The van der Waals surface area contributed by atoms with Crippen LogP contribution in [-0.2, 0) is 5.92 Å². The quantitative estimate of drug-likeness (QED) is 0.506. The highest BCUT2D eigenvalue weighted by Crippen LogP contribution is 2.26. The average Bonchev–Trinajstić information content (AvgIpc) is 2.63. The Morgan fingerprint density at radius 3 is 1.86 bits per heavy atom. The van der Waals surface area contributed by atoms with E-state index in [0.717, 1.165) is 29.2 Å². The molecule has 0 N–H and O–H groups in total. The van der Waals surface area contributed by atoms with Crippen molar-refractivity contribution < 1.29 is 13.2 Å². The summed E-state index contributed by atoms with van der Waals surface area (Å²) in [5.41, 5.74) is 4.02. The van der Waals surface area contributed by atoms with Crippen molar-refractivity contribution in [3.63, 3.8) is 0 Å². The van der Waals surface area contributed by atoms with Crippen molar-refractivity contribution in [3.05, 3.63) is 77.1 Å². The predicted octanol–water partition coefficient (Wildman–Crippen LogP) is 8.22. The van der Waals surface area contributed by atoms with E-state index < -0.39 is 5.92 Å². The van der Waals surface area contributed by atoms with Crippen LogP contribution >= 0.6 is 0 Å². The molecule has 0 saturated heterocycles. The molecule has 0 radical (unpaired) electrons. The van der Waals surface area contributed by atoms with E-state index in [4.69, 9.17) is 5.26 Å². The SMILES string of the molecule is C=C(C)c1ccc(F)cc1C.CC.CCC#N.Cc1ccc(C(C)(F)F)cc1. The molecule has 0 amide bonds. The summed E-state index contributed by atoms with van der Waals surface area (Å²) in [5.74, 6) is -2.90. The monoisotopic (exact) mass is 391 g/mol. The van der Waals surface area contributed by atoms with Crippen molar-refractivity contribution in [2.75, 3.05) is 0 Å². The lowest BCUT2D eigenvalue weighted by Crippen LogP contribution is -2.06. The highest BCUT2D eigenvalue weighted by Gasteiger charge is 2.23. The Bertz CT molecular complexity index is 736. The van der Waals surface area contributed by atoms with Crippen molar-refractivity contribution in [1.82, 2.24) is 0 Å². The zero-order valence-electron chi connectivity index (χ0n) is 18.0. The predicted molar refractivity (Wildman–Crippen MR) is 114 cm³/mol. The Kier molecular flexibility index (Phi) is 14.3.